The number of carbonyl (C=O) groups is 1. The Morgan fingerprint density at radius 1 is 0.966 bits per heavy atom. The second kappa shape index (κ2) is 6.58. The average molecular weight is 396 g/mol. The lowest BCUT2D eigenvalue weighted by Gasteiger charge is -2.38. The van der Waals surface area contributed by atoms with Crippen molar-refractivity contribution in [3.63, 3.8) is 0 Å². The smallest absolute Gasteiger partial charge is 0.226 e. The minimum absolute atomic E-state index is 0.0971. The summed E-state index contributed by atoms with van der Waals surface area (Å²) in [5.41, 5.74) is 1.72. The van der Waals surface area contributed by atoms with Gasteiger partial charge in [0.2, 0.25) is 5.95 Å². The van der Waals surface area contributed by atoms with E-state index in [4.69, 9.17) is 0 Å². The van der Waals surface area contributed by atoms with Crippen molar-refractivity contribution in [1.82, 2.24) is 14.8 Å². The van der Waals surface area contributed by atoms with E-state index >= 15 is 0 Å². The summed E-state index contributed by atoms with van der Waals surface area (Å²) in [7, 11) is 0. The molecule has 0 saturated carbocycles. The molecule has 0 unspecified atom stereocenters. The lowest BCUT2D eigenvalue weighted by Crippen LogP contribution is -2.40. The molecule has 0 bridgehead atoms. The van der Waals surface area contributed by atoms with Crippen molar-refractivity contribution < 1.29 is 18.0 Å². The molecule has 0 amide bonds. The largest absolute Gasteiger partial charge is 0.328 e. The highest BCUT2D eigenvalue weighted by Gasteiger charge is 2.43. The molecule has 5 nitrogen and oxygen atoms in total. The molecule has 0 spiro atoms. The summed E-state index contributed by atoms with van der Waals surface area (Å²) in [6.07, 6.45) is 3.42. The zero-order valence-corrected chi connectivity index (χ0v) is 15.0. The fourth-order valence-electron chi connectivity index (χ4n) is 4.18. The highest BCUT2D eigenvalue weighted by Crippen LogP contribution is 2.44. The third-order valence-corrected chi connectivity index (χ3v) is 5.42. The van der Waals surface area contributed by atoms with Crippen LogP contribution in [0.1, 0.15) is 29.5 Å². The van der Waals surface area contributed by atoms with Gasteiger partial charge in [0, 0.05) is 24.1 Å². The Bertz CT molecular complexity index is 1120. The van der Waals surface area contributed by atoms with E-state index in [0.29, 0.717) is 17.2 Å². The van der Waals surface area contributed by atoms with E-state index in [9.17, 15) is 18.0 Å². The third-order valence-electron chi connectivity index (χ3n) is 5.42. The zero-order chi connectivity index (χ0) is 20.1. The first-order chi connectivity index (χ1) is 14.0. The van der Waals surface area contributed by atoms with Crippen LogP contribution in [0.3, 0.4) is 0 Å². The molecule has 2 aliphatic rings. The van der Waals surface area contributed by atoms with Crippen LogP contribution in [0.5, 0.6) is 0 Å². The van der Waals surface area contributed by atoms with Crippen LogP contribution < -0.4 is 5.32 Å². The first-order valence-electron chi connectivity index (χ1n) is 9.12. The van der Waals surface area contributed by atoms with Gasteiger partial charge in [-0.05, 0) is 35.4 Å². The summed E-state index contributed by atoms with van der Waals surface area (Å²) in [4.78, 5) is 17.3. The van der Waals surface area contributed by atoms with Gasteiger partial charge in [0.05, 0.1) is 12.0 Å². The van der Waals surface area contributed by atoms with Crippen LogP contribution in [0.4, 0.5) is 19.1 Å². The van der Waals surface area contributed by atoms with Crippen LogP contribution in [0.25, 0.3) is 0 Å². The summed E-state index contributed by atoms with van der Waals surface area (Å²) in [6, 6.07) is 8.50. The maximum Gasteiger partial charge on any atom is 0.226 e. The SMILES string of the molecule is O=C1C[C@H](c2ccc(F)cc2)C=C2Nc3ncnn3[C@@H](c3cc(F)cc(F)c3)[C@H]12. The van der Waals surface area contributed by atoms with Crippen molar-refractivity contribution in [2.75, 3.05) is 5.32 Å². The number of nitrogens with one attached hydrogen (secondary N) is 1. The van der Waals surface area contributed by atoms with E-state index in [1.165, 1.54) is 35.3 Å². The molecule has 146 valence electrons. The number of ketones is 1. The van der Waals surface area contributed by atoms with Crippen molar-refractivity contribution in [2.45, 2.75) is 18.4 Å². The van der Waals surface area contributed by atoms with Gasteiger partial charge in [-0.25, -0.2) is 17.9 Å². The molecule has 0 radical (unpaired) electrons. The lowest BCUT2D eigenvalue weighted by atomic mass is 9.75. The van der Waals surface area contributed by atoms with Crippen molar-refractivity contribution in [1.29, 1.82) is 0 Å². The quantitative estimate of drug-likeness (QED) is 0.712. The highest BCUT2D eigenvalue weighted by atomic mass is 19.1. The predicted octanol–water partition coefficient (Wildman–Crippen LogP) is 3.97. The second-order valence-corrected chi connectivity index (χ2v) is 7.23. The third kappa shape index (κ3) is 3.00. The summed E-state index contributed by atoms with van der Waals surface area (Å²) in [6.45, 7) is 0. The van der Waals surface area contributed by atoms with Gasteiger partial charge < -0.3 is 5.32 Å². The molecular weight excluding hydrogens is 381 g/mol. The summed E-state index contributed by atoms with van der Waals surface area (Å²) in [5, 5.41) is 7.28. The average Bonchev–Trinajstić information content (AvgIpc) is 3.14. The Balaban J connectivity index is 1.62. The van der Waals surface area contributed by atoms with Crippen LogP contribution in [-0.2, 0) is 4.79 Å². The molecule has 29 heavy (non-hydrogen) atoms. The molecule has 3 atom stereocenters. The van der Waals surface area contributed by atoms with Gasteiger partial charge in [-0.1, -0.05) is 18.2 Å². The van der Waals surface area contributed by atoms with Crippen LogP contribution >= 0.6 is 0 Å². The monoisotopic (exact) mass is 396 g/mol. The molecule has 8 heteroatoms. The van der Waals surface area contributed by atoms with Gasteiger partial charge in [0.25, 0.3) is 0 Å². The normalized spacial score (nSPS) is 23.1. The number of carbonyl (C=O) groups excluding carboxylic acids is 1. The first kappa shape index (κ1) is 17.7. The fraction of sp³-hybridized carbons (Fsp3) is 0.190. The topological polar surface area (TPSA) is 59.8 Å². The van der Waals surface area contributed by atoms with E-state index in [0.717, 1.165) is 11.6 Å². The van der Waals surface area contributed by atoms with Gasteiger partial charge in [0.15, 0.2) is 0 Å². The Labute approximate surface area is 163 Å². The number of nitrogens with zero attached hydrogens (tertiary/aromatic N) is 3. The molecule has 1 aliphatic heterocycles. The van der Waals surface area contributed by atoms with E-state index in [2.05, 4.69) is 15.4 Å². The fourth-order valence-corrected chi connectivity index (χ4v) is 4.18. The van der Waals surface area contributed by atoms with Gasteiger partial charge in [-0.2, -0.15) is 10.1 Å². The molecule has 1 aliphatic carbocycles. The number of fused-ring (bicyclic) bond motifs is 2. The Morgan fingerprint density at radius 2 is 1.69 bits per heavy atom. The number of hydrogen-bond acceptors (Lipinski definition) is 4. The lowest BCUT2D eigenvalue weighted by molar-refractivity contribution is -0.123. The summed E-state index contributed by atoms with van der Waals surface area (Å²) < 4.78 is 42.5. The van der Waals surface area contributed by atoms with Crippen LogP contribution in [-0.4, -0.2) is 20.5 Å². The summed E-state index contributed by atoms with van der Waals surface area (Å²) in [5.74, 6) is -2.42. The maximum absolute atomic E-state index is 13.9. The van der Waals surface area contributed by atoms with Crippen molar-refractivity contribution in [3.8, 4) is 0 Å². The van der Waals surface area contributed by atoms with Gasteiger partial charge in [-0.3, -0.25) is 4.79 Å². The van der Waals surface area contributed by atoms with E-state index in [1.54, 1.807) is 12.1 Å². The van der Waals surface area contributed by atoms with Gasteiger partial charge in [-0.15, -0.1) is 0 Å². The second-order valence-electron chi connectivity index (χ2n) is 7.23. The predicted molar refractivity (Wildman–Crippen MR) is 98.5 cm³/mol. The molecule has 2 heterocycles. The number of Topliss-reactive ketones (excluding diaryl/α,β-unsaturated/α-hetero) is 1. The molecular formula is C21H15F3N4O. The summed E-state index contributed by atoms with van der Waals surface area (Å²) >= 11 is 0. The highest BCUT2D eigenvalue weighted by molar-refractivity contribution is 5.88. The van der Waals surface area contributed by atoms with Gasteiger partial charge in [0.1, 0.15) is 29.6 Å². The van der Waals surface area contributed by atoms with Crippen molar-refractivity contribution in [3.05, 3.63) is 89.1 Å². The Morgan fingerprint density at radius 3 is 2.41 bits per heavy atom. The standard InChI is InChI=1S/C21H15F3N4O/c22-14-3-1-11(2-4-14)12-7-17-19(18(29)8-12)20(28-21(27-17)25-10-26-28)13-5-15(23)9-16(24)6-13/h1-7,9-10,12,19-20H,8H2,(H,25,26,27)/t12-,19+,20+/m1/s1. The Kier molecular flexibility index (Phi) is 4.01. The first-order valence-corrected chi connectivity index (χ1v) is 9.12. The zero-order valence-electron chi connectivity index (χ0n) is 15.0. The molecule has 0 fully saturated rings. The van der Waals surface area contributed by atoms with E-state index in [1.807, 2.05) is 6.08 Å². The molecule has 1 N–H and O–H groups in total. The molecule has 2 aromatic carbocycles. The number of benzene rings is 2. The minimum atomic E-state index is -0.724. The number of aromatic nitrogens is 3. The molecule has 3 aromatic rings. The van der Waals surface area contributed by atoms with Crippen LogP contribution in [0.15, 0.2) is 60.6 Å². The van der Waals surface area contributed by atoms with Gasteiger partial charge >= 0.3 is 0 Å². The number of rotatable bonds is 2. The molecule has 1 aromatic heterocycles. The Hall–Kier alpha value is -3.42. The van der Waals surface area contributed by atoms with Crippen LogP contribution in [0, 0.1) is 23.4 Å². The molecule has 0 saturated heterocycles. The van der Waals surface area contributed by atoms with E-state index < -0.39 is 23.6 Å². The van der Waals surface area contributed by atoms with Crippen molar-refractivity contribution >= 4 is 11.7 Å². The van der Waals surface area contributed by atoms with Crippen LogP contribution in [0.2, 0.25) is 0 Å². The maximum atomic E-state index is 13.9. The number of hydrogen-bond donors (Lipinski definition) is 1. The minimum Gasteiger partial charge on any atom is -0.328 e. The van der Waals surface area contributed by atoms with E-state index in [-0.39, 0.29) is 23.9 Å². The number of allylic oxidation sites excluding steroid dienone is 2. The number of halogens is 3. The number of anilines is 1. The molecule has 5 rings (SSSR count). The van der Waals surface area contributed by atoms with Crippen molar-refractivity contribution in [2.24, 2.45) is 5.92 Å².